The van der Waals surface area contributed by atoms with Crippen molar-refractivity contribution in [3.05, 3.63) is 0 Å². The van der Waals surface area contributed by atoms with Crippen LogP contribution in [0.4, 0.5) is 0 Å². The molecule has 0 saturated carbocycles. The molecule has 0 aromatic rings. The molecule has 0 amide bonds. The van der Waals surface area contributed by atoms with E-state index in [4.69, 9.17) is 24.6 Å². The molecule has 15 heavy (non-hydrogen) atoms. The van der Waals surface area contributed by atoms with Crippen molar-refractivity contribution in [1.29, 1.82) is 0 Å². The van der Waals surface area contributed by atoms with Crippen LogP contribution >= 0.6 is 0 Å². The lowest BCUT2D eigenvalue weighted by Gasteiger charge is -2.27. The Morgan fingerprint density at radius 1 is 1.13 bits per heavy atom. The standard InChI is InChI=1S/C9H21NO5/c1-3-4-9(13-2)10(14-7-5-11)15-8-6-12/h9,11-12H,3-8H2,1-2H3. The molecule has 0 rings (SSSR count). The van der Waals surface area contributed by atoms with E-state index in [1.165, 1.54) is 5.23 Å². The quantitative estimate of drug-likeness (QED) is 0.398. The average Bonchev–Trinajstić information content (AvgIpc) is 2.27. The van der Waals surface area contributed by atoms with Gasteiger partial charge in [-0.2, -0.15) is 0 Å². The fourth-order valence-electron chi connectivity index (χ4n) is 1.02. The lowest BCUT2D eigenvalue weighted by molar-refractivity contribution is -0.423. The van der Waals surface area contributed by atoms with Gasteiger partial charge in [0.05, 0.1) is 26.4 Å². The third kappa shape index (κ3) is 6.77. The van der Waals surface area contributed by atoms with Crippen LogP contribution in [-0.4, -0.2) is 55.2 Å². The van der Waals surface area contributed by atoms with E-state index < -0.39 is 0 Å². The van der Waals surface area contributed by atoms with Gasteiger partial charge in [0.15, 0.2) is 6.23 Å². The zero-order chi connectivity index (χ0) is 11.5. The molecule has 0 aliphatic rings. The SMILES string of the molecule is CCCC(OC)N(OCCO)OCCO. The molecule has 0 bridgehead atoms. The van der Waals surface area contributed by atoms with Crippen LogP contribution in [-0.2, 0) is 14.4 Å². The van der Waals surface area contributed by atoms with Crippen molar-refractivity contribution in [1.82, 2.24) is 5.23 Å². The average molecular weight is 223 g/mol. The van der Waals surface area contributed by atoms with Crippen molar-refractivity contribution >= 4 is 0 Å². The lowest BCUT2D eigenvalue weighted by Crippen LogP contribution is -2.38. The van der Waals surface area contributed by atoms with Crippen molar-refractivity contribution in [2.24, 2.45) is 0 Å². The van der Waals surface area contributed by atoms with E-state index in [9.17, 15) is 0 Å². The Bertz CT molecular complexity index is 128. The number of rotatable bonds is 10. The summed E-state index contributed by atoms with van der Waals surface area (Å²) < 4.78 is 5.16. The molecule has 1 atom stereocenters. The zero-order valence-electron chi connectivity index (χ0n) is 9.39. The predicted octanol–water partition coefficient (Wildman–Crippen LogP) is -0.0912. The van der Waals surface area contributed by atoms with Crippen LogP contribution in [0.2, 0.25) is 0 Å². The number of aliphatic hydroxyl groups is 2. The molecule has 0 heterocycles. The second kappa shape index (κ2) is 10.3. The smallest absolute Gasteiger partial charge is 0.159 e. The first-order chi connectivity index (χ1) is 7.29. The van der Waals surface area contributed by atoms with Gasteiger partial charge in [-0.25, -0.2) is 0 Å². The third-order valence-corrected chi connectivity index (χ3v) is 1.66. The first-order valence-corrected chi connectivity index (χ1v) is 5.09. The Labute approximate surface area is 90.3 Å². The van der Waals surface area contributed by atoms with Crippen molar-refractivity contribution in [2.45, 2.75) is 26.0 Å². The fourth-order valence-corrected chi connectivity index (χ4v) is 1.02. The van der Waals surface area contributed by atoms with E-state index in [0.717, 1.165) is 12.8 Å². The van der Waals surface area contributed by atoms with Gasteiger partial charge in [-0.3, -0.25) is 9.68 Å². The molecule has 0 radical (unpaired) electrons. The van der Waals surface area contributed by atoms with Gasteiger partial charge in [-0.1, -0.05) is 13.3 Å². The van der Waals surface area contributed by atoms with Crippen molar-refractivity contribution < 1.29 is 24.6 Å². The van der Waals surface area contributed by atoms with E-state index in [1.54, 1.807) is 7.11 Å². The van der Waals surface area contributed by atoms with Crippen LogP contribution in [0.25, 0.3) is 0 Å². The maximum atomic E-state index is 8.63. The van der Waals surface area contributed by atoms with Crippen LogP contribution in [0, 0.1) is 0 Å². The minimum Gasteiger partial charge on any atom is -0.394 e. The number of ether oxygens (including phenoxy) is 1. The molecule has 2 N–H and O–H groups in total. The van der Waals surface area contributed by atoms with E-state index in [2.05, 4.69) is 0 Å². The molecule has 6 heteroatoms. The second-order valence-electron chi connectivity index (χ2n) is 2.88. The Morgan fingerprint density at radius 3 is 2.00 bits per heavy atom. The van der Waals surface area contributed by atoms with E-state index >= 15 is 0 Å². The molecule has 1 unspecified atom stereocenters. The van der Waals surface area contributed by atoms with Crippen molar-refractivity contribution in [2.75, 3.05) is 33.5 Å². The van der Waals surface area contributed by atoms with Gasteiger partial charge in [0.25, 0.3) is 0 Å². The van der Waals surface area contributed by atoms with E-state index in [-0.39, 0.29) is 32.7 Å². The Morgan fingerprint density at radius 2 is 1.67 bits per heavy atom. The highest BCUT2D eigenvalue weighted by Crippen LogP contribution is 2.09. The van der Waals surface area contributed by atoms with Crippen LogP contribution < -0.4 is 0 Å². The summed E-state index contributed by atoms with van der Waals surface area (Å²) >= 11 is 0. The van der Waals surface area contributed by atoms with Crippen LogP contribution in [0.1, 0.15) is 19.8 Å². The van der Waals surface area contributed by atoms with Crippen LogP contribution in [0.3, 0.4) is 0 Å². The van der Waals surface area contributed by atoms with E-state index in [0.29, 0.717) is 0 Å². The highest BCUT2D eigenvalue weighted by Gasteiger charge is 2.18. The normalized spacial score (nSPS) is 13.4. The van der Waals surface area contributed by atoms with Gasteiger partial charge in [-0.05, 0) is 11.6 Å². The summed E-state index contributed by atoms with van der Waals surface area (Å²) in [7, 11) is 1.55. The summed E-state index contributed by atoms with van der Waals surface area (Å²) in [5.74, 6) is 0. The number of nitrogens with zero attached hydrogens (tertiary/aromatic N) is 1. The molecule has 0 aliphatic heterocycles. The van der Waals surface area contributed by atoms with Gasteiger partial charge in [-0.15, -0.1) is 0 Å². The Hall–Kier alpha value is -0.240. The molecular weight excluding hydrogens is 202 g/mol. The number of methoxy groups -OCH3 is 1. The largest absolute Gasteiger partial charge is 0.394 e. The van der Waals surface area contributed by atoms with Crippen molar-refractivity contribution in [3.63, 3.8) is 0 Å². The number of hydrogen-bond acceptors (Lipinski definition) is 6. The molecule has 6 nitrogen and oxygen atoms in total. The van der Waals surface area contributed by atoms with Gasteiger partial charge in [0.2, 0.25) is 0 Å². The highest BCUT2D eigenvalue weighted by atomic mass is 17.0. The first kappa shape index (κ1) is 14.8. The number of aliphatic hydroxyl groups excluding tert-OH is 2. The summed E-state index contributed by atoms with van der Waals surface area (Å²) in [5, 5.41) is 18.4. The summed E-state index contributed by atoms with van der Waals surface area (Å²) in [6.45, 7) is 2.09. The number of hydrogen-bond donors (Lipinski definition) is 2. The molecular formula is C9H21NO5. The summed E-state index contributed by atoms with van der Waals surface area (Å²) in [6.07, 6.45) is 1.33. The molecule has 0 saturated heterocycles. The molecule has 0 fully saturated rings. The van der Waals surface area contributed by atoms with Gasteiger partial charge < -0.3 is 14.9 Å². The molecule has 0 aromatic carbocycles. The molecule has 0 spiro atoms. The molecule has 0 aromatic heterocycles. The van der Waals surface area contributed by atoms with Crippen LogP contribution in [0.15, 0.2) is 0 Å². The summed E-state index contributed by atoms with van der Waals surface area (Å²) in [5.41, 5.74) is 0. The number of hydroxylamine groups is 2. The van der Waals surface area contributed by atoms with Gasteiger partial charge >= 0.3 is 0 Å². The minimum atomic E-state index is -0.326. The van der Waals surface area contributed by atoms with Crippen molar-refractivity contribution in [3.8, 4) is 0 Å². The van der Waals surface area contributed by atoms with Crippen LogP contribution in [0.5, 0.6) is 0 Å². The zero-order valence-corrected chi connectivity index (χ0v) is 9.39. The third-order valence-electron chi connectivity index (χ3n) is 1.66. The molecule has 0 aliphatic carbocycles. The fraction of sp³-hybridized carbons (Fsp3) is 1.00. The summed E-state index contributed by atoms with van der Waals surface area (Å²) in [4.78, 5) is 10.2. The van der Waals surface area contributed by atoms with Gasteiger partial charge in [0, 0.05) is 7.11 Å². The van der Waals surface area contributed by atoms with E-state index in [1.807, 2.05) is 6.92 Å². The molecule has 92 valence electrons. The first-order valence-electron chi connectivity index (χ1n) is 5.09. The maximum absolute atomic E-state index is 8.63. The predicted molar refractivity (Wildman–Crippen MR) is 53.6 cm³/mol. The van der Waals surface area contributed by atoms with Gasteiger partial charge in [0.1, 0.15) is 0 Å². The Balaban J connectivity index is 4.02. The highest BCUT2D eigenvalue weighted by molar-refractivity contribution is 4.46. The lowest BCUT2D eigenvalue weighted by atomic mass is 10.3. The Kier molecular flexibility index (Phi) is 10.1. The summed E-state index contributed by atoms with van der Waals surface area (Å²) in [6, 6.07) is 0. The topological polar surface area (TPSA) is 71.4 Å². The second-order valence-corrected chi connectivity index (χ2v) is 2.88. The monoisotopic (exact) mass is 223 g/mol. The maximum Gasteiger partial charge on any atom is 0.159 e. The minimum absolute atomic E-state index is 0.0957.